The molecule has 0 aliphatic rings. The van der Waals surface area contributed by atoms with Crippen LogP contribution in [0.15, 0.2) is 23.2 Å². The van der Waals surface area contributed by atoms with E-state index in [9.17, 15) is 8.78 Å². The van der Waals surface area contributed by atoms with E-state index in [0.717, 1.165) is 6.07 Å². The van der Waals surface area contributed by atoms with Gasteiger partial charge in [0.2, 0.25) is 0 Å². The molecule has 0 saturated heterocycles. The summed E-state index contributed by atoms with van der Waals surface area (Å²) in [6.07, 6.45) is 0. The molecule has 0 spiro atoms. The first-order valence-electron chi connectivity index (χ1n) is 4.99. The van der Waals surface area contributed by atoms with Gasteiger partial charge in [-0.05, 0) is 31.5 Å². The van der Waals surface area contributed by atoms with Crippen LogP contribution in [-0.2, 0) is 6.54 Å². The number of rotatable bonds is 3. The van der Waals surface area contributed by atoms with E-state index in [0.29, 0.717) is 5.56 Å². The van der Waals surface area contributed by atoms with E-state index in [1.807, 2.05) is 13.8 Å². The van der Waals surface area contributed by atoms with Gasteiger partial charge in [0.05, 0.1) is 6.54 Å². The number of nitrogens with one attached hydrogen (secondary N) is 1. The van der Waals surface area contributed by atoms with E-state index in [1.54, 1.807) is 0 Å². The minimum atomic E-state index is -0.611. The third-order valence-electron chi connectivity index (χ3n) is 1.79. The molecule has 96 valence electrons. The monoisotopic (exact) mass is 355 g/mol. The van der Waals surface area contributed by atoms with E-state index in [4.69, 9.17) is 5.73 Å². The maximum atomic E-state index is 12.8. The highest BCUT2D eigenvalue weighted by Crippen LogP contribution is 2.08. The van der Waals surface area contributed by atoms with E-state index >= 15 is 0 Å². The number of guanidine groups is 1. The van der Waals surface area contributed by atoms with Crippen LogP contribution in [0.3, 0.4) is 0 Å². The zero-order chi connectivity index (χ0) is 12.1. The van der Waals surface area contributed by atoms with Crippen molar-refractivity contribution in [1.29, 1.82) is 0 Å². The van der Waals surface area contributed by atoms with Crippen molar-refractivity contribution in [2.75, 3.05) is 0 Å². The molecule has 0 radical (unpaired) electrons. The lowest BCUT2D eigenvalue weighted by atomic mass is 10.2. The van der Waals surface area contributed by atoms with E-state index in [-0.39, 0.29) is 42.5 Å². The molecule has 0 amide bonds. The van der Waals surface area contributed by atoms with Gasteiger partial charge in [0.25, 0.3) is 0 Å². The predicted molar refractivity (Wildman–Crippen MR) is 75.4 cm³/mol. The second-order valence-electron chi connectivity index (χ2n) is 3.78. The zero-order valence-corrected chi connectivity index (χ0v) is 12.0. The Balaban J connectivity index is 0.00000256. The smallest absolute Gasteiger partial charge is 0.189 e. The second-order valence-corrected chi connectivity index (χ2v) is 3.78. The first-order valence-corrected chi connectivity index (χ1v) is 4.99. The van der Waals surface area contributed by atoms with Crippen molar-refractivity contribution in [2.45, 2.75) is 26.4 Å². The van der Waals surface area contributed by atoms with Crippen molar-refractivity contribution >= 4 is 29.9 Å². The van der Waals surface area contributed by atoms with Crippen molar-refractivity contribution in [3.63, 3.8) is 0 Å². The minimum Gasteiger partial charge on any atom is -0.370 e. The summed E-state index contributed by atoms with van der Waals surface area (Å²) < 4.78 is 25.7. The van der Waals surface area contributed by atoms with Gasteiger partial charge in [0, 0.05) is 12.1 Å². The van der Waals surface area contributed by atoms with Gasteiger partial charge in [0.1, 0.15) is 11.6 Å². The molecule has 0 heterocycles. The number of aliphatic imine (C=N–C) groups is 1. The van der Waals surface area contributed by atoms with Crippen LogP contribution >= 0.6 is 24.0 Å². The van der Waals surface area contributed by atoms with Gasteiger partial charge in [-0.1, -0.05) is 0 Å². The maximum absolute atomic E-state index is 12.8. The normalized spacial score (nSPS) is 11.2. The molecule has 0 atom stereocenters. The molecule has 0 fully saturated rings. The Hall–Kier alpha value is -0.920. The molecule has 1 aromatic carbocycles. The SMILES string of the molecule is CC(C)NC(N)=NCc1cc(F)cc(F)c1.I. The summed E-state index contributed by atoms with van der Waals surface area (Å²) in [5.74, 6) is -0.958. The minimum absolute atomic E-state index is 0. The van der Waals surface area contributed by atoms with Gasteiger partial charge in [-0.25, -0.2) is 13.8 Å². The molecule has 0 aliphatic carbocycles. The van der Waals surface area contributed by atoms with Crippen molar-refractivity contribution < 1.29 is 8.78 Å². The van der Waals surface area contributed by atoms with Gasteiger partial charge in [0.15, 0.2) is 5.96 Å². The van der Waals surface area contributed by atoms with Crippen molar-refractivity contribution in [3.8, 4) is 0 Å². The summed E-state index contributed by atoms with van der Waals surface area (Å²) >= 11 is 0. The Morgan fingerprint density at radius 1 is 1.29 bits per heavy atom. The summed E-state index contributed by atoms with van der Waals surface area (Å²) in [6, 6.07) is 3.46. The van der Waals surface area contributed by atoms with Crippen LogP contribution in [0.2, 0.25) is 0 Å². The molecule has 1 rings (SSSR count). The quantitative estimate of drug-likeness (QED) is 0.497. The molecule has 6 heteroatoms. The summed E-state index contributed by atoms with van der Waals surface area (Å²) in [4.78, 5) is 3.97. The van der Waals surface area contributed by atoms with Gasteiger partial charge >= 0.3 is 0 Å². The third-order valence-corrected chi connectivity index (χ3v) is 1.79. The van der Waals surface area contributed by atoms with Crippen LogP contribution in [0, 0.1) is 11.6 Å². The fraction of sp³-hybridized carbons (Fsp3) is 0.364. The topological polar surface area (TPSA) is 50.4 Å². The largest absolute Gasteiger partial charge is 0.370 e. The zero-order valence-electron chi connectivity index (χ0n) is 9.71. The van der Waals surface area contributed by atoms with Crippen LogP contribution in [0.1, 0.15) is 19.4 Å². The fourth-order valence-corrected chi connectivity index (χ4v) is 1.22. The number of hydrogen-bond donors (Lipinski definition) is 2. The number of halogens is 3. The van der Waals surface area contributed by atoms with Crippen molar-refractivity contribution in [2.24, 2.45) is 10.7 Å². The summed E-state index contributed by atoms with van der Waals surface area (Å²) in [7, 11) is 0. The summed E-state index contributed by atoms with van der Waals surface area (Å²) in [5.41, 5.74) is 6.00. The Bertz CT molecular complexity index is 374. The Kier molecular flexibility index (Phi) is 7.01. The first kappa shape index (κ1) is 16.1. The molecule has 3 N–H and O–H groups in total. The highest BCUT2D eigenvalue weighted by molar-refractivity contribution is 14.0. The molecule has 3 nitrogen and oxygen atoms in total. The molecule has 0 saturated carbocycles. The van der Waals surface area contributed by atoms with Crippen LogP contribution < -0.4 is 11.1 Å². The lowest BCUT2D eigenvalue weighted by Crippen LogP contribution is -2.36. The fourth-order valence-electron chi connectivity index (χ4n) is 1.22. The van der Waals surface area contributed by atoms with Crippen molar-refractivity contribution in [1.82, 2.24) is 5.32 Å². The molecule has 0 bridgehead atoms. The average molecular weight is 355 g/mol. The van der Waals surface area contributed by atoms with Crippen molar-refractivity contribution in [3.05, 3.63) is 35.4 Å². The predicted octanol–water partition coefficient (Wildman–Crippen LogP) is 2.40. The lowest BCUT2D eigenvalue weighted by molar-refractivity contribution is 0.579. The average Bonchev–Trinajstić information content (AvgIpc) is 2.12. The van der Waals surface area contributed by atoms with Crippen LogP contribution in [0.4, 0.5) is 8.78 Å². The second kappa shape index (κ2) is 7.41. The summed E-state index contributed by atoms with van der Waals surface area (Å²) in [5, 5.41) is 2.88. The van der Waals surface area contributed by atoms with Crippen LogP contribution in [-0.4, -0.2) is 12.0 Å². The van der Waals surface area contributed by atoms with Gasteiger partial charge in [-0.15, -0.1) is 24.0 Å². The molecule has 17 heavy (non-hydrogen) atoms. The van der Waals surface area contributed by atoms with Gasteiger partial charge in [-0.3, -0.25) is 0 Å². The van der Waals surface area contributed by atoms with E-state index in [2.05, 4.69) is 10.3 Å². The third kappa shape index (κ3) is 6.40. The van der Waals surface area contributed by atoms with Crippen LogP contribution in [0.25, 0.3) is 0 Å². The number of nitrogens with zero attached hydrogens (tertiary/aromatic N) is 1. The molecular formula is C11H16F2IN3. The van der Waals surface area contributed by atoms with Gasteiger partial charge in [-0.2, -0.15) is 0 Å². The first-order chi connectivity index (χ1) is 7.47. The molecule has 0 aliphatic heterocycles. The lowest BCUT2D eigenvalue weighted by Gasteiger charge is -2.08. The number of hydrogen-bond acceptors (Lipinski definition) is 1. The Morgan fingerprint density at radius 3 is 2.29 bits per heavy atom. The Morgan fingerprint density at radius 2 is 1.82 bits per heavy atom. The molecular weight excluding hydrogens is 339 g/mol. The van der Waals surface area contributed by atoms with E-state index in [1.165, 1.54) is 12.1 Å². The van der Waals surface area contributed by atoms with E-state index < -0.39 is 11.6 Å². The number of benzene rings is 1. The Labute approximate surface area is 117 Å². The highest BCUT2D eigenvalue weighted by Gasteiger charge is 2.00. The molecule has 1 aromatic rings. The standard InChI is InChI=1S/C11H15F2N3.HI/c1-7(2)16-11(14)15-6-8-3-9(12)5-10(13)4-8;/h3-5,7H,6H2,1-2H3,(H3,14,15,16);1H. The number of nitrogens with two attached hydrogens (primary N) is 1. The maximum Gasteiger partial charge on any atom is 0.189 e. The molecule has 0 aromatic heterocycles. The molecule has 0 unspecified atom stereocenters. The van der Waals surface area contributed by atoms with Crippen LogP contribution in [0.5, 0.6) is 0 Å². The summed E-state index contributed by atoms with van der Waals surface area (Å²) in [6.45, 7) is 3.99. The van der Waals surface area contributed by atoms with Gasteiger partial charge < -0.3 is 11.1 Å². The highest BCUT2D eigenvalue weighted by atomic mass is 127.